The number of aryl methyl sites for hydroxylation is 1. The maximum absolute atomic E-state index is 14.5. The topological polar surface area (TPSA) is 157 Å². The molecule has 5 rings (SSSR count). The number of alkyl halides is 1. The largest absolute Gasteiger partial charge is 0.496 e. The molecule has 0 aliphatic carbocycles. The molecule has 0 aliphatic heterocycles. The van der Waals surface area contributed by atoms with Crippen LogP contribution in [0, 0.1) is 12.7 Å². The van der Waals surface area contributed by atoms with Crippen LogP contribution < -0.4 is 21.1 Å². The number of hydrogen-bond acceptors (Lipinski definition) is 8. The maximum Gasteiger partial charge on any atom is 0.252 e. The molecular weight excluding hydrogens is 620 g/mol. The number of rotatable bonds is 13. The second-order valence-electron chi connectivity index (χ2n) is 12.4. The van der Waals surface area contributed by atoms with E-state index in [1.165, 1.54) is 43.9 Å². The van der Waals surface area contributed by atoms with Crippen molar-refractivity contribution in [1.82, 2.24) is 25.1 Å². The van der Waals surface area contributed by atoms with Crippen molar-refractivity contribution in [2.24, 2.45) is 5.73 Å². The standard InChI is InChI=1S/C35H37F2N7O4/c1-21-13-27(41-20-35(47,19-36)18-34(2,3)26-15-23(37)7-10-30(26)48-4)25-16-42-44(29(25)14-21)24-8-5-22(6-9-24)33(46)43-31(32(38)45)28-17-39-11-12-40-28/h5-17,31,41,47H,18-20H2,1-4H3,(H2,38,45)(H,43,46). The molecule has 3 aromatic carbocycles. The molecule has 0 saturated carbocycles. The van der Waals surface area contributed by atoms with E-state index in [2.05, 4.69) is 25.7 Å². The van der Waals surface area contributed by atoms with Gasteiger partial charge in [0.1, 0.15) is 23.8 Å². The third-order valence-electron chi connectivity index (χ3n) is 8.16. The Bertz CT molecular complexity index is 1930. The Hall–Kier alpha value is -5.43. The Kier molecular flexibility index (Phi) is 9.71. The lowest BCUT2D eigenvalue weighted by Crippen LogP contribution is -2.44. The van der Waals surface area contributed by atoms with Crippen LogP contribution in [0.2, 0.25) is 0 Å². The third-order valence-corrected chi connectivity index (χ3v) is 8.16. The smallest absolute Gasteiger partial charge is 0.252 e. The molecule has 0 aliphatic rings. The SMILES string of the molecule is COc1ccc(F)cc1C(C)(C)CC(O)(CF)CNc1cc(C)cc2c1cnn2-c1ccc(C(=O)NC(C(N)=O)c2cnccn2)cc1. The van der Waals surface area contributed by atoms with Crippen LogP contribution in [0.5, 0.6) is 5.75 Å². The van der Waals surface area contributed by atoms with Gasteiger partial charge in [-0.25, -0.2) is 13.5 Å². The van der Waals surface area contributed by atoms with Crippen LogP contribution in [0.3, 0.4) is 0 Å². The molecule has 5 N–H and O–H groups in total. The summed E-state index contributed by atoms with van der Waals surface area (Å²) in [7, 11) is 1.48. The second-order valence-corrected chi connectivity index (χ2v) is 12.4. The molecule has 2 heterocycles. The minimum atomic E-state index is -1.79. The highest BCUT2D eigenvalue weighted by molar-refractivity contribution is 5.98. The highest BCUT2D eigenvalue weighted by Crippen LogP contribution is 2.39. The molecule has 2 unspecified atom stereocenters. The van der Waals surface area contributed by atoms with Gasteiger partial charge >= 0.3 is 0 Å². The van der Waals surface area contributed by atoms with Gasteiger partial charge < -0.3 is 26.2 Å². The average molecular weight is 658 g/mol. The number of hydrogen-bond donors (Lipinski definition) is 4. The summed E-state index contributed by atoms with van der Waals surface area (Å²) in [6, 6.07) is 13.4. The molecule has 13 heteroatoms. The lowest BCUT2D eigenvalue weighted by atomic mass is 9.75. The number of aromatic nitrogens is 4. The van der Waals surface area contributed by atoms with Gasteiger partial charge in [0, 0.05) is 41.1 Å². The number of ether oxygens (including phenoxy) is 1. The van der Waals surface area contributed by atoms with Crippen molar-refractivity contribution in [3.63, 3.8) is 0 Å². The van der Waals surface area contributed by atoms with Crippen LogP contribution in [0.15, 0.2) is 79.4 Å². The summed E-state index contributed by atoms with van der Waals surface area (Å²) in [5.41, 5.74) is 6.83. The number of nitrogens with one attached hydrogen (secondary N) is 2. The summed E-state index contributed by atoms with van der Waals surface area (Å²) in [6.45, 7) is 4.36. The molecule has 2 aromatic heterocycles. The summed E-state index contributed by atoms with van der Waals surface area (Å²) in [5, 5.41) is 22.5. The number of fused-ring (bicyclic) bond motifs is 1. The van der Waals surface area contributed by atoms with Gasteiger partial charge in [-0.05, 0) is 78.9 Å². The normalized spacial score (nSPS) is 13.5. The Morgan fingerprint density at radius 1 is 1.08 bits per heavy atom. The summed E-state index contributed by atoms with van der Waals surface area (Å²) >= 11 is 0. The van der Waals surface area contributed by atoms with Gasteiger partial charge in [-0.2, -0.15) is 5.10 Å². The highest BCUT2D eigenvalue weighted by atomic mass is 19.1. The van der Waals surface area contributed by atoms with Crippen LogP contribution in [-0.2, 0) is 10.2 Å². The van der Waals surface area contributed by atoms with E-state index >= 15 is 0 Å². The number of methoxy groups -OCH3 is 1. The first-order valence-electron chi connectivity index (χ1n) is 15.2. The number of primary amides is 1. The van der Waals surface area contributed by atoms with E-state index in [4.69, 9.17) is 10.5 Å². The van der Waals surface area contributed by atoms with Crippen molar-refractivity contribution in [3.05, 3.63) is 108 Å². The lowest BCUT2D eigenvalue weighted by Gasteiger charge is -2.36. The Labute approximate surface area is 276 Å². The van der Waals surface area contributed by atoms with E-state index in [0.29, 0.717) is 22.7 Å². The van der Waals surface area contributed by atoms with Crippen LogP contribution in [0.4, 0.5) is 14.5 Å². The van der Waals surface area contributed by atoms with Crippen molar-refractivity contribution in [3.8, 4) is 11.4 Å². The minimum absolute atomic E-state index is 0.0175. The van der Waals surface area contributed by atoms with Gasteiger partial charge in [0.2, 0.25) is 5.91 Å². The number of benzene rings is 3. The van der Waals surface area contributed by atoms with Gasteiger partial charge in [-0.15, -0.1) is 0 Å². The molecule has 0 radical (unpaired) electrons. The van der Waals surface area contributed by atoms with Gasteiger partial charge in [-0.3, -0.25) is 19.6 Å². The summed E-state index contributed by atoms with van der Waals surface area (Å²) in [6.07, 6.45) is 5.85. The zero-order valence-electron chi connectivity index (χ0n) is 27.0. The van der Waals surface area contributed by atoms with Crippen LogP contribution in [0.25, 0.3) is 16.6 Å². The van der Waals surface area contributed by atoms with Crippen molar-refractivity contribution < 1.29 is 28.2 Å². The predicted octanol–water partition coefficient (Wildman–Crippen LogP) is 4.71. The first-order chi connectivity index (χ1) is 22.8. The summed E-state index contributed by atoms with van der Waals surface area (Å²) < 4.78 is 35.7. The molecule has 11 nitrogen and oxygen atoms in total. The Morgan fingerprint density at radius 3 is 2.48 bits per heavy atom. The number of nitrogens with two attached hydrogens (primary N) is 1. The fourth-order valence-corrected chi connectivity index (χ4v) is 5.88. The van der Waals surface area contributed by atoms with Gasteiger partial charge in [-0.1, -0.05) is 13.8 Å². The summed E-state index contributed by atoms with van der Waals surface area (Å²) in [4.78, 5) is 32.9. The fourth-order valence-electron chi connectivity index (χ4n) is 5.88. The molecule has 0 spiro atoms. The number of aliphatic hydroxyl groups is 1. The third kappa shape index (κ3) is 7.26. The molecule has 0 bridgehead atoms. The predicted molar refractivity (Wildman–Crippen MR) is 177 cm³/mol. The molecule has 2 atom stereocenters. The van der Waals surface area contributed by atoms with Gasteiger partial charge in [0.05, 0.1) is 36.4 Å². The van der Waals surface area contributed by atoms with Crippen molar-refractivity contribution in [1.29, 1.82) is 0 Å². The first kappa shape index (κ1) is 33.9. The molecule has 0 saturated heterocycles. The molecule has 2 amide bonds. The van der Waals surface area contributed by atoms with E-state index < -0.39 is 41.4 Å². The zero-order chi connectivity index (χ0) is 34.6. The maximum atomic E-state index is 14.5. The molecule has 5 aromatic rings. The number of anilines is 1. The quantitative estimate of drug-likeness (QED) is 0.142. The number of nitrogens with zero attached hydrogens (tertiary/aromatic N) is 4. The fraction of sp³-hybridized carbons (Fsp3) is 0.286. The average Bonchev–Trinajstić information content (AvgIpc) is 3.50. The Morgan fingerprint density at radius 2 is 1.83 bits per heavy atom. The number of carbonyl (C=O) groups is 2. The molecule has 250 valence electrons. The van der Waals surface area contributed by atoms with Gasteiger partial charge in [0.25, 0.3) is 5.91 Å². The van der Waals surface area contributed by atoms with E-state index in [-0.39, 0.29) is 24.2 Å². The van der Waals surface area contributed by atoms with E-state index in [0.717, 1.165) is 16.5 Å². The van der Waals surface area contributed by atoms with Crippen LogP contribution in [-0.4, -0.2) is 62.6 Å². The van der Waals surface area contributed by atoms with Crippen molar-refractivity contribution in [2.75, 3.05) is 25.6 Å². The molecular formula is C35H37F2N7O4. The summed E-state index contributed by atoms with van der Waals surface area (Å²) in [5.74, 6) is -1.30. The van der Waals surface area contributed by atoms with Crippen molar-refractivity contribution >= 4 is 28.4 Å². The van der Waals surface area contributed by atoms with Crippen molar-refractivity contribution in [2.45, 2.75) is 44.2 Å². The van der Waals surface area contributed by atoms with Gasteiger partial charge in [0.15, 0.2) is 6.04 Å². The highest BCUT2D eigenvalue weighted by Gasteiger charge is 2.37. The number of halogens is 2. The zero-order valence-corrected chi connectivity index (χ0v) is 27.0. The first-order valence-corrected chi connectivity index (χ1v) is 15.2. The molecule has 48 heavy (non-hydrogen) atoms. The second kappa shape index (κ2) is 13.7. The number of amides is 2. The van der Waals surface area contributed by atoms with E-state index in [1.807, 2.05) is 32.9 Å². The monoisotopic (exact) mass is 657 g/mol. The number of carbonyl (C=O) groups excluding carboxylic acids is 2. The lowest BCUT2D eigenvalue weighted by molar-refractivity contribution is -0.120. The van der Waals surface area contributed by atoms with E-state index in [9.17, 15) is 23.5 Å². The van der Waals surface area contributed by atoms with Crippen LogP contribution >= 0.6 is 0 Å². The minimum Gasteiger partial charge on any atom is -0.496 e. The molecule has 0 fully saturated rings. The Balaban J connectivity index is 1.35. The van der Waals surface area contributed by atoms with Crippen LogP contribution in [0.1, 0.15) is 53.5 Å². The van der Waals surface area contributed by atoms with E-state index in [1.54, 1.807) is 35.1 Å².